The van der Waals surface area contributed by atoms with Crippen molar-refractivity contribution in [2.45, 2.75) is 12.7 Å². The Morgan fingerprint density at radius 3 is 2.32 bits per heavy atom. The van der Waals surface area contributed by atoms with Crippen molar-refractivity contribution in [3.8, 4) is 0 Å². The van der Waals surface area contributed by atoms with Crippen LogP contribution < -0.4 is 0 Å². The zero-order chi connectivity index (χ0) is 16.3. The van der Waals surface area contributed by atoms with Gasteiger partial charge in [0.15, 0.2) is 0 Å². The second-order valence-corrected chi connectivity index (χ2v) is 5.11. The van der Waals surface area contributed by atoms with Gasteiger partial charge in [0, 0.05) is 19.8 Å². The molecule has 1 heterocycles. The summed E-state index contributed by atoms with van der Waals surface area (Å²) in [5.74, 6) is -0.288. The molecule has 0 aliphatic rings. The Hall–Kier alpha value is -2.08. The third-order valence-electron chi connectivity index (χ3n) is 3.02. The van der Waals surface area contributed by atoms with Crippen molar-refractivity contribution in [1.82, 2.24) is 9.88 Å². The predicted octanol–water partition coefficient (Wildman–Crippen LogP) is 4.03. The summed E-state index contributed by atoms with van der Waals surface area (Å²) in [5, 5.41) is 0.280. The Morgan fingerprint density at radius 2 is 1.82 bits per heavy atom. The lowest BCUT2D eigenvalue weighted by Crippen LogP contribution is -2.26. The number of rotatable bonds is 3. The Bertz CT molecular complexity index is 654. The van der Waals surface area contributed by atoms with E-state index in [4.69, 9.17) is 11.6 Å². The molecule has 0 fully saturated rings. The van der Waals surface area contributed by atoms with E-state index in [2.05, 4.69) is 4.98 Å². The largest absolute Gasteiger partial charge is 0.416 e. The number of carbonyl (C=O) groups is 1. The molecule has 2 rings (SSSR count). The summed E-state index contributed by atoms with van der Waals surface area (Å²) in [6, 6.07) is 7.75. The van der Waals surface area contributed by atoms with Crippen molar-refractivity contribution in [3.63, 3.8) is 0 Å². The molecular weight excluding hydrogens is 317 g/mol. The van der Waals surface area contributed by atoms with Crippen LogP contribution in [0.1, 0.15) is 21.5 Å². The van der Waals surface area contributed by atoms with Crippen molar-refractivity contribution >= 4 is 17.5 Å². The van der Waals surface area contributed by atoms with E-state index in [1.54, 1.807) is 13.1 Å². The van der Waals surface area contributed by atoms with E-state index >= 15 is 0 Å². The van der Waals surface area contributed by atoms with Crippen LogP contribution >= 0.6 is 11.6 Å². The maximum absolute atomic E-state index is 12.5. The Labute approximate surface area is 130 Å². The third kappa shape index (κ3) is 3.98. The number of amides is 1. The van der Waals surface area contributed by atoms with Gasteiger partial charge in [-0.1, -0.05) is 23.7 Å². The summed E-state index contributed by atoms with van der Waals surface area (Å²) in [7, 11) is 1.56. The second kappa shape index (κ2) is 6.36. The molecule has 1 amide bonds. The molecule has 2 aromatic rings. The molecule has 0 atom stereocenters. The first-order chi connectivity index (χ1) is 10.3. The molecule has 0 spiro atoms. The van der Waals surface area contributed by atoms with Gasteiger partial charge in [-0.2, -0.15) is 13.2 Å². The number of hydrogen-bond donors (Lipinski definition) is 0. The van der Waals surface area contributed by atoms with Crippen molar-refractivity contribution in [2.24, 2.45) is 0 Å². The summed E-state index contributed by atoms with van der Waals surface area (Å²) in [5.41, 5.74) is 0.247. The minimum atomic E-state index is -4.37. The average Bonchev–Trinajstić information content (AvgIpc) is 2.47. The highest BCUT2D eigenvalue weighted by Gasteiger charge is 2.30. The van der Waals surface area contributed by atoms with Gasteiger partial charge in [-0.15, -0.1) is 0 Å². The number of halogens is 4. The van der Waals surface area contributed by atoms with Gasteiger partial charge in [-0.3, -0.25) is 4.79 Å². The zero-order valence-corrected chi connectivity index (χ0v) is 12.3. The molecule has 0 bridgehead atoms. The van der Waals surface area contributed by atoms with E-state index in [9.17, 15) is 18.0 Å². The fraction of sp³-hybridized carbons (Fsp3) is 0.200. The highest BCUT2D eigenvalue weighted by Crippen LogP contribution is 2.29. The van der Waals surface area contributed by atoms with Gasteiger partial charge < -0.3 is 4.90 Å². The number of hydrogen-bond acceptors (Lipinski definition) is 2. The maximum atomic E-state index is 12.5. The minimum Gasteiger partial charge on any atom is -0.337 e. The number of nitrogens with zero attached hydrogens (tertiary/aromatic N) is 2. The summed E-state index contributed by atoms with van der Waals surface area (Å²) < 4.78 is 37.4. The lowest BCUT2D eigenvalue weighted by atomic mass is 10.1. The SMILES string of the molecule is CN(Cc1ccc(C(F)(F)F)cc1)C(=O)c1ccc(Cl)nc1. The normalized spacial score (nSPS) is 11.3. The van der Waals surface area contributed by atoms with Crippen molar-refractivity contribution in [2.75, 3.05) is 7.05 Å². The molecule has 1 aromatic heterocycles. The first-order valence-electron chi connectivity index (χ1n) is 6.30. The van der Waals surface area contributed by atoms with E-state index in [1.165, 1.54) is 29.3 Å². The van der Waals surface area contributed by atoms with Crippen molar-refractivity contribution in [1.29, 1.82) is 0 Å². The first-order valence-corrected chi connectivity index (χ1v) is 6.68. The molecule has 0 unspecified atom stereocenters. The van der Waals surface area contributed by atoms with Crippen LogP contribution in [-0.2, 0) is 12.7 Å². The summed E-state index contributed by atoms with van der Waals surface area (Å²) in [6.07, 6.45) is -3.01. The predicted molar refractivity (Wildman–Crippen MR) is 76.5 cm³/mol. The lowest BCUT2D eigenvalue weighted by molar-refractivity contribution is -0.137. The fourth-order valence-electron chi connectivity index (χ4n) is 1.87. The van der Waals surface area contributed by atoms with Crippen LogP contribution in [0.25, 0.3) is 0 Å². The molecule has 1 aromatic carbocycles. The van der Waals surface area contributed by atoms with E-state index < -0.39 is 11.7 Å². The summed E-state index contributed by atoms with van der Waals surface area (Å²) in [4.78, 5) is 17.4. The number of alkyl halides is 3. The number of carbonyl (C=O) groups excluding carboxylic acids is 1. The van der Waals surface area contributed by atoms with Gasteiger partial charge in [0.05, 0.1) is 11.1 Å². The highest BCUT2D eigenvalue weighted by atomic mass is 35.5. The van der Waals surface area contributed by atoms with Gasteiger partial charge >= 0.3 is 6.18 Å². The van der Waals surface area contributed by atoms with Crippen LogP contribution in [-0.4, -0.2) is 22.8 Å². The molecular formula is C15H12ClF3N2O. The van der Waals surface area contributed by atoms with E-state index in [0.29, 0.717) is 11.1 Å². The zero-order valence-electron chi connectivity index (χ0n) is 11.6. The van der Waals surface area contributed by atoms with Crippen LogP contribution in [0.2, 0.25) is 5.15 Å². The summed E-state index contributed by atoms with van der Waals surface area (Å²) in [6.45, 7) is 0.194. The van der Waals surface area contributed by atoms with Gasteiger partial charge in [0.25, 0.3) is 5.91 Å². The monoisotopic (exact) mass is 328 g/mol. The Balaban J connectivity index is 2.06. The molecule has 116 valence electrons. The number of benzene rings is 1. The molecule has 0 aliphatic heterocycles. The second-order valence-electron chi connectivity index (χ2n) is 4.73. The Kier molecular flexibility index (Phi) is 4.71. The summed E-state index contributed by atoms with van der Waals surface area (Å²) >= 11 is 5.65. The van der Waals surface area contributed by atoms with E-state index in [1.807, 2.05) is 0 Å². The molecule has 3 nitrogen and oxygen atoms in total. The smallest absolute Gasteiger partial charge is 0.337 e. The van der Waals surface area contributed by atoms with Gasteiger partial charge in [-0.05, 0) is 29.8 Å². The highest BCUT2D eigenvalue weighted by molar-refractivity contribution is 6.29. The quantitative estimate of drug-likeness (QED) is 0.797. The van der Waals surface area contributed by atoms with E-state index in [0.717, 1.165) is 12.1 Å². The molecule has 0 aliphatic carbocycles. The number of aromatic nitrogens is 1. The van der Waals surface area contributed by atoms with Crippen molar-refractivity contribution < 1.29 is 18.0 Å². The lowest BCUT2D eigenvalue weighted by Gasteiger charge is -2.17. The topological polar surface area (TPSA) is 33.2 Å². The average molecular weight is 329 g/mol. The van der Waals surface area contributed by atoms with Gasteiger partial charge in [0.2, 0.25) is 0 Å². The maximum Gasteiger partial charge on any atom is 0.416 e. The molecule has 7 heteroatoms. The Morgan fingerprint density at radius 1 is 1.18 bits per heavy atom. The standard InChI is InChI=1S/C15H12ClF3N2O/c1-21(14(22)11-4-7-13(16)20-8-11)9-10-2-5-12(6-3-10)15(17,18)19/h2-8H,9H2,1H3. The molecule has 0 saturated carbocycles. The number of pyridine rings is 1. The first kappa shape index (κ1) is 16.3. The molecule has 0 radical (unpaired) electrons. The van der Waals surface area contributed by atoms with Crippen LogP contribution in [0.5, 0.6) is 0 Å². The van der Waals surface area contributed by atoms with Gasteiger partial charge in [-0.25, -0.2) is 4.98 Å². The third-order valence-corrected chi connectivity index (χ3v) is 3.25. The van der Waals surface area contributed by atoms with Crippen LogP contribution in [0.4, 0.5) is 13.2 Å². The van der Waals surface area contributed by atoms with Crippen molar-refractivity contribution in [3.05, 3.63) is 64.4 Å². The molecule has 22 heavy (non-hydrogen) atoms. The molecule has 0 saturated heterocycles. The van der Waals surface area contributed by atoms with Crippen LogP contribution in [0, 0.1) is 0 Å². The van der Waals surface area contributed by atoms with E-state index in [-0.39, 0.29) is 17.6 Å². The fourth-order valence-corrected chi connectivity index (χ4v) is 1.98. The van der Waals surface area contributed by atoms with Gasteiger partial charge in [0.1, 0.15) is 5.15 Å². The van der Waals surface area contributed by atoms with Crippen LogP contribution in [0.3, 0.4) is 0 Å². The minimum absolute atomic E-state index is 0.194. The molecule has 0 N–H and O–H groups in total. The van der Waals surface area contributed by atoms with Crippen LogP contribution in [0.15, 0.2) is 42.6 Å².